The van der Waals surface area contributed by atoms with Crippen LogP contribution in [0, 0.1) is 5.41 Å². The van der Waals surface area contributed by atoms with Crippen molar-refractivity contribution in [1.29, 1.82) is 0 Å². The lowest BCUT2D eigenvalue weighted by molar-refractivity contribution is -0.154. The Labute approximate surface area is 108 Å². The lowest BCUT2D eigenvalue weighted by Crippen LogP contribution is -2.56. The average Bonchev–Trinajstić information content (AvgIpc) is 2.77. The van der Waals surface area contributed by atoms with Gasteiger partial charge < -0.3 is 15.3 Å². The van der Waals surface area contributed by atoms with Gasteiger partial charge in [0.05, 0.1) is 11.0 Å². The molecule has 2 heterocycles. The molecule has 5 nitrogen and oxygen atoms in total. The lowest BCUT2D eigenvalue weighted by atomic mass is 9.80. The Hall–Kier alpha value is -1.10. The standard InChI is InChI=1S/C13H22N2O3/c1-12(11(17)18)5-8-15(9-6-12)10(16)13(2)4-3-7-14-13/h14H,3-9H2,1-2H3,(H,17,18). The molecule has 0 aromatic carbocycles. The largest absolute Gasteiger partial charge is 0.481 e. The molecule has 2 fully saturated rings. The fourth-order valence-corrected chi connectivity index (χ4v) is 2.84. The summed E-state index contributed by atoms with van der Waals surface area (Å²) in [6.07, 6.45) is 3.00. The number of piperidine rings is 1. The van der Waals surface area contributed by atoms with Gasteiger partial charge in [-0.3, -0.25) is 9.59 Å². The van der Waals surface area contributed by atoms with E-state index in [1.54, 1.807) is 6.92 Å². The zero-order valence-electron chi connectivity index (χ0n) is 11.2. The third-order valence-electron chi connectivity index (χ3n) is 4.51. The van der Waals surface area contributed by atoms with E-state index in [0.29, 0.717) is 25.9 Å². The number of nitrogens with one attached hydrogen (secondary N) is 1. The number of carbonyl (C=O) groups is 2. The molecule has 0 aromatic rings. The van der Waals surface area contributed by atoms with Crippen molar-refractivity contribution in [2.24, 2.45) is 5.41 Å². The molecule has 2 N–H and O–H groups in total. The summed E-state index contributed by atoms with van der Waals surface area (Å²) in [4.78, 5) is 25.4. The number of aliphatic carboxylic acids is 1. The Balaban J connectivity index is 1.98. The molecule has 2 saturated heterocycles. The van der Waals surface area contributed by atoms with Gasteiger partial charge in [0, 0.05) is 13.1 Å². The van der Waals surface area contributed by atoms with E-state index in [9.17, 15) is 9.59 Å². The molecule has 5 heteroatoms. The summed E-state index contributed by atoms with van der Waals surface area (Å²) in [7, 11) is 0. The van der Waals surface area contributed by atoms with Crippen LogP contribution in [0.4, 0.5) is 0 Å². The van der Waals surface area contributed by atoms with Gasteiger partial charge in [-0.1, -0.05) is 0 Å². The van der Waals surface area contributed by atoms with E-state index in [2.05, 4.69) is 5.32 Å². The Bertz CT molecular complexity index is 353. The van der Waals surface area contributed by atoms with Gasteiger partial charge in [0.1, 0.15) is 0 Å². The molecule has 1 atom stereocenters. The molecule has 0 radical (unpaired) electrons. The molecule has 102 valence electrons. The van der Waals surface area contributed by atoms with E-state index in [0.717, 1.165) is 19.4 Å². The maximum atomic E-state index is 12.4. The van der Waals surface area contributed by atoms with Crippen LogP contribution in [-0.4, -0.2) is 47.1 Å². The highest BCUT2D eigenvalue weighted by Crippen LogP contribution is 2.32. The van der Waals surface area contributed by atoms with Crippen LogP contribution >= 0.6 is 0 Å². The van der Waals surface area contributed by atoms with Crippen LogP contribution < -0.4 is 5.32 Å². The zero-order valence-corrected chi connectivity index (χ0v) is 11.2. The summed E-state index contributed by atoms with van der Waals surface area (Å²) >= 11 is 0. The smallest absolute Gasteiger partial charge is 0.309 e. The molecule has 2 rings (SSSR count). The number of carboxylic acids is 1. The van der Waals surface area contributed by atoms with Crippen molar-refractivity contribution in [2.75, 3.05) is 19.6 Å². The molecule has 1 unspecified atom stereocenters. The minimum atomic E-state index is -0.750. The van der Waals surface area contributed by atoms with E-state index in [-0.39, 0.29) is 5.91 Å². The van der Waals surface area contributed by atoms with Crippen LogP contribution in [0.15, 0.2) is 0 Å². The fourth-order valence-electron chi connectivity index (χ4n) is 2.84. The summed E-state index contributed by atoms with van der Waals surface area (Å²) in [5.74, 6) is -0.618. The SMILES string of the molecule is CC1(C(=O)O)CCN(C(=O)C2(C)CCCN2)CC1. The second-order valence-corrected chi connectivity index (χ2v) is 6.02. The quantitative estimate of drug-likeness (QED) is 0.766. The van der Waals surface area contributed by atoms with E-state index in [4.69, 9.17) is 5.11 Å². The number of rotatable bonds is 2. The molecule has 0 bridgehead atoms. The van der Waals surface area contributed by atoms with Gasteiger partial charge in [-0.2, -0.15) is 0 Å². The first kappa shape index (κ1) is 13.3. The molecule has 0 spiro atoms. The molecule has 2 aliphatic rings. The van der Waals surface area contributed by atoms with Gasteiger partial charge in [-0.05, 0) is 46.1 Å². The minimum Gasteiger partial charge on any atom is -0.481 e. The number of carbonyl (C=O) groups excluding carboxylic acids is 1. The van der Waals surface area contributed by atoms with Crippen LogP contribution in [0.3, 0.4) is 0 Å². The number of hydrogen-bond donors (Lipinski definition) is 2. The molecule has 1 amide bonds. The molecule has 18 heavy (non-hydrogen) atoms. The first-order valence-electron chi connectivity index (χ1n) is 6.65. The van der Waals surface area contributed by atoms with E-state index in [1.165, 1.54) is 0 Å². The molecular weight excluding hydrogens is 232 g/mol. The second-order valence-electron chi connectivity index (χ2n) is 6.02. The van der Waals surface area contributed by atoms with Gasteiger partial charge in [-0.15, -0.1) is 0 Å². The maximum absolute atomic E-state index is 12.4. The highest BCUT2D eigenvalue weighted by molar-refractivity contribution is 5.86. The van der Waals surface area contributed by atoms with Crippen molar-refractivity contribution in [2.45, 2.75) is 45.1 Å². The van der Waals surface area contributed by atoms with Gasteiger partial charge >= 0.3 is 5.97 Å². The zero-order chi connectivity index (χ0) is 13.4. The number of amides is 1. The fraction of sp³-hybridized carbons (Fsp3) is 0.846. The van der Waals surface area contributed by atoms with Crippen molar-refractivity contribution in [3.8, 4) is 0 Å². The van der Waals surface area contributed by atoms with Crippen LogP contribution in [0.25, 0.3) is 0 Å². The van der Waals surface area contributed by atoms with Crippen molar-refractivity contribution in [3.05, 3.63) is 0 Å². The van der Waals surface area contributed by atoms with Crippen LogP contribution in [-0.2, 0) is 9.59 Å². The first-order valence-corrected chi connectivity index (χ1v) is 6.65. The number of hydrogen-bond acceptors (Lipinski definition) is 3. The highest BCUT2D eigenvalue weighted by Gasteiger charge is 2.43. The predicted octanol–water partition coefficient (Wildman–Crippen LogP) is 0.842. The molecule has 0 aromatic heterocycles. The summed E-state index contributed by atoms with van der Waals surface area (Å²) in [5.41, 5.74) is -1.10. The Morgan fingerprint density at radius 2 is 1.78 bits per heavy atom. The van der Waals surface area contributed by atoms with Crippen LogP contribution in [0.5, 0.6) is 0 Å². The Morgan fingerprint density at radius 1 is 1.17 bits per heavy atom. The second kappa shape index (κ2) is 4.53. The number of likely N-dealkylation sites (tertiary alicyclic amines) is 1. The summed E-state index contributed by atoms with van der Waals surface area (Å²) < 4.78 is 0. The van der Waals surface area contributed by atoms with Gasteiger partial charge in [-0.25, -0.2) is 0 Å². The normalized spacial score (nSPS) is 31.3. The van der Waals surface area contributed by atoms with Gasteiger partial charge in [0.2, 0.25) is 5.91 Å². The Kier molecular flexibility index (Phi) is 3.36. The van der Waals surface area contributed by atoms with Crippen LogP contribution in [0.1, 0.15) is 39.5 Å². The Morgan fingerprint density at radius 3 is 2.22 bits per heavy atom. The van der Waals surface area contributed by atoms with Gasteiger partial charge in [0.15, 0.2) is 0 Å². The maximum Gasteiger partial charge on any atom is 0.309 e. The van der Waals surface area contributed by atoms with Crippen molar-refractivity contribution in [1.82, 2.24) is 10.2 Å². The molecule has 0 aliphatic carbocycles. The van der Waals surface area contributed by atoms with Crippen molar-refractivity contribution in [3.63, 3.8) is 0 Å². The van der Waals surface area contributed by atoms with Crippen molar-refractivity contribution >= 4 is 11.9 Å². The average molecular weight is 254 g/mol. The number of carboxylic acid groups (broad SMARTS) is 1. The van der Waals surface area contributed by atoms with Gasteiger partial charge in [0.25, 0.3) is 0 Å². The molecule has 0 saturated carbocycles. The monoisotopic (exact) mass is 254 g/mol. The molecule has 2 aliphatic heterocycles. The van der Waals surface area contributed by atoms with Crippen molar-refractivity contribution < 1.29 is 14.7 Å². The third kappa shape index (κ3) is 2.23. The van der Waals surface area contributed by atoms with E-state index < -0.39 is 16.9 Å². The summed E-state index contributed by atoms with van der Waals surface area (Å²) in [6, 6.07) is 0. The number of nitrogens with zero attached hydrogens (tertiary/aromatic N) is 1. The lowest BCUT2D eigenvalue weighted by Gasteiger charge is -2.39. The van der Waals surface area contributed by atoms with E-state index in [1.807, 2.05) is 11.8 Å². The van der Waals surface area contributed by atoms with E-state index >= 15 is 0 Å². The first-order chi connectivity index (χ1) is 8.37. The third-order valence-corrected chi connectivity index (χ3v) is 4.51. The summed E-state index contributed by atoms with van der Waals surface area (Å²) in [5, 5.41) is 12.4. The minimum absolute atomic E-state index is 0.132. The highest BCUT2D eigenvalue weighted by atomic mass is 16.4. The molecular formula is C13H22N2O3. The van der Waals surface area contributed by atoms with Crippen LogP contribution in [0.2, 0.25) is 0 Å². The topological polar surface area (TPSA) is 69.6 Å². The summed E-state index contributed by atoms with van der Waals surface area (Å²) in [6.45, 7) is 5.72. The predicted molar refractivity (Wildman–Crippen MR) is 67.2 cm³/mol.